The van der Waals surface area contributed by atoms with E-state index in [0.717, 1.165) is 25.4 Å². The highest BCUT2D eigenvalue weighted by Gasteiger charge is 2.43. The Labute approximate surface area is 108 Å². The molecule has 0 aliphatic carbocycles. The summed E-state index contributed by atoms with van der Waals surface area (Å²) in [5.74, 6) is 1.88. The highest BCUT2D eigenvalue weighted by atomic mass is 16.5. The fourth-order valence-corrected chi connectivity index (χ4v) is 2.56. The molecule has 5 nitrogen and oxygen atoms in total. The second-order valence-corrected chi connectivity index (χ2v) is 5.29. The fraction of sp³-hybridized carbons (Fsp3) is 0.846. The number of aromatic nitrogens is 2. The molecule has 0 radical (unpaired) electrons. The fourth-order valence-electron chi connectivity index (χ4n) is 2.56. The summed E-state index contributed by atoms with van der Waals surface area (Å²) in [7, 11) is 0. The first-order valence-corrected chi connectivity index (χ1v) is 6.76. The van der Waals surface area contributed by atoms with E-state index in [-0.39, 0.29) is 11.5 Å². The summed E-state index contributed by atoms with van der Waals surface area (Å²) < 4.78 is 11.0. The molecule has 2 heterocycles. The average Bonchev–Trinajstić information content (AvgIpc) is 2.99. The van der Waals surface area contributed by atoms with Crippen molar-refractivity contribution in [3.8, 4) is 0 Å². The van der Waals surface area contributed by atoms with Gasteiger partial charge >= 0.3 is 0 Å². The van der Waals surface area contributed by atoms with Crippen molar-refractivity contribution >= 4 is 0 Å². The SMILES string of the molecule is CCOC(C)c1noc(C2(C(C)C)CCNC2)n1. The van der Waals surface area contributed by atoms with Crippen molar-refractivity contribution in [2.24, 2.45) is 5.92 Å². The molecule has 1 fully saturated rings. The second kappa shape index (κ2) is 5.36. The monoisotopic (exact) mass is 253 g/mol. The van der Waals surface area contributed by atoms with Crippen LogP contribution in [-0.2, 0) is 10.2 Å². The highest BCUT2D eigenvalue weighted by Crippen LogP contribution is 2.37. The molecule has 2 atom stereocenters. The van der Waals surface area contributed by atoms with E-state index in [1.165, 1.54) is 0 Å². The van der Waals surface area contributed by atoms with Gasteiger partial charge in [-0.15, -0.1) is 0 Å². The molecule has 0 aromatic carbocycles. The van der Waals surface area contributed by atoms with Crippen LogP contribution in [0.25, 0.3) is 0 Å². The van der Waals surface area contributed by atoms with Gasteiger partial charge in [-0.25, -0.2) is 0 Å². The molecule has 1 saturated heterocycles. The summed E-state index contributed by atoms with van der Waals surface area (Å²) in [5, 5.41) is 7.47. The lowest BCUT2D eigenvalue weighted by Crippen LogP contribution is -2.35. The normalized spacial score (nSPS) is 25.8. The van der Waals surface area contributed by atoms with E-state index in [2.05, 4.69) is 29.3 Å². The van der Waals surface area contributed by atoms with Gasteiger partial charge in [-0.2, -0.15) is 4.98 Å². The summed E-state index contributed by atoms with van der Waals surface area (Å²) >= 11 is 0. The van der Waals surface area contributed by atoms with E-state index in [4.69, 9.17) is 9.26 Å². The molecular weight excluding hydrogens is 230 g/mol. The van der Waals surface area contributed by atoms with Crippen LogP contribution in [0.15, 0.2) is 4.52 Å². The van der Waals surface area contributed by atoms with Crippen LogP contribution in [0.4, 0.5) is 0 Å². The summed E-state index contributed by atoms with van der Waals surface area (Å²) in [6, 6.07) is 0. The molecule has 1 aromatic rings. The molecule has 5 heteroatoms. The molecule has 2 rings (SSSR count). The number of rotatable bonds is 5. The van der Waals surface area contributed by atoms with Gasteiger partial charge in [0.2, 0.25) is 5.89 Å². The van der Waals surface area contributed by atoms with Gasteiger partial charge in [-0.05, 0) is 32.7 Å². The Morgan fingerprint density at radius 3 is 2.78 bits per heavy atom. The van der Waals surface area contributed by atoms with Crippen molar-refractivity contribution in [2.45, 2.75) is 45.6 Å². The van der Waals surface area contributed by atoms with Crippen molar-refractivity contribution in [3.63, 3.8) is 0 Å². The zero-order chi connectivity index (χ0) is 13.2. The first-order valence-electron chi connectivity index (χ1n) is 6.76. The van der Waals surface area contributed by atoms with Crippen LogP contribution in [0.1, 0.15) is 51.9 Å². The lowest BCUT2D eigenvalue weighted by atomic mass is 9.76. The average molecular weight is 253 g/mol. The first kappa shape index (κ1) is 13.5. The third-order valence-electron chi connectivity index (χ3n) is 3.94. The molecule has 1 N–H and O–H groups in total. The lowest BCUT2D eigenvalue weighted by Gasteiger charge is -2.28. The van der Waals surface area contributed by atoms with Gasteiger partial charge in [0, 0.05) is 13.2 Å². The van der Waals surface area contributed by atoms with Crippen molar-refractivity contribution in [1.29, 1.82) is 0 Å². The van der Waals surface area contributed by atoms with Crippen LogP contribution >= 0.6 is 0 Å². The minimum absolute atomic E-state index is 0.0167. The van der Waals surface area contributed by atoms with Crippen molar-refractivity contribution in [1.82, 2.24) is 15.5 Å². The Bertz CT molecular complexity index is 383. The number of nitrogens with one attached hydrogen (secondary N) is 1. The predicted octanol–water partition coefficient (Wildman–Crippen LogP) is 2.05. The van der Waals surface area contributed by atoms with E-state index in [1.54, 1.807) is 0 Å². The zero-order valence-corrected chi connectivity index (χ0v) is 11.7. The molecule has 0 bridgehead atoms. The molecule has 2 unspecified atom stereocenters. The second-order valence-electron chi connectivity index (χ2n) is 5.29. The van der Waals surface area contributed by atoms with E-state index < -0.39 is 0 Å². The maximum absolute atomic E-state index is 5.50. The third-order valence-corrected chi connectivity index (χ3v) is 3.94. The van der Waals surface area contributed by atoms with Gasteiger partial charge in [0.15, 0.2) is 5.82 Å². The molecular formula is C13H23N3O2. The van der Waals surface area contributed by atoms with Gasteiger partial charge in [0.1, 0.15) is 6.10 Å². The molecule has 18 heavy (non-hydrogen) atoms. The van der Waals surface area contributed by atoms with Gasteiger partial charge in [-0.3, -0.25) is 0 Å². The smallest absolute Gasteiger partial charge is 0.234 e. The number of ether oxygens (including phenoxy) is 1. The maximum Gasteiger partial charge on any atom is 0.234 e. The van der Waals surface area contributed by atoms with Gasteiger partial charge < -0.3 is 14.6 Å². The number of hydrogen-bond acceptors (Lipinski definition) is 5. The topological polar surface area (TPSA) is 60.2 Å². The van der Waals surface area contributed by atoms with Gasteiger partial charge in [0.05, 0.1) is 5.41 Å². The Hall–Kier alpha value is -0.940. The molecule has 1 aromatic heterocycles. The number of hydrogen-bond donors (Lipinski definition) is 1. The quantitative estimate of drug-likeness (QED) is 0.870. The minimum Gasteiger partial charge on any atom is -0.371 e. The standard InChI is InChI=1S/C13H23N3O2/c1-5-17-10(4)11-15-12(18-16-11)13(9(2)3)6-7-14-8-13/h9-10,14H,5-8H2,1-4H3. The van der Waals surface area contributed by atoms with Crippen LogP contribution in [0.2, 0.25) is 0 Å². The van der Waals surface area contributed by atoms with Crippen molar-refractivity contribution in [3.05, 3.63) is 11.7 Å². The summed E-state index contributed by atoms with van der Waals surface area (Å²) in [6.45, 7) is 10.9. The van der Waals surface area contributed by atoms with E-state index in [0.29, 0.717) is 18.3 Å². The molecule has 0 saturated carbocycles. The Balaban J connectivity index is 2.22. The third kappa shape index (κ3) is 2.29. The molecule has 0 spiro atoms. The van der Waals surface area contributed by atoms with E-state index >= 15 is 0 Å². The Morgan fingerprint density at radius 1 is 1.44 bits per heavy atom. The Morgan fingerprint density at radius 2 is 2.22 bits per heavy atom. The van der Waals surface area contributed by atoms with Crippen molar-refractivity contribution < 1.29 is 9.26 Å². The molecule has 1 aliphatic heterocycles. The first-order chi connectivity index (χ1) is 8.60. The summed E-state index contributed by atoms with van der Waals surface area (Å²) in [4.78, 5) is 4.56. The van der Waals surface area contributed by atoms with Gasteiger partial charge in [-0.1, -0.05) is 19.0 Å². The molecule has 0 amide bonds. The van der Waals surface area contributed by atoms with Crippen LogP contribution in [0, 0.1) is 5.92 Å². The minimum atomic E-state index is -0.105. The zero-order valence-electron chi connectivity index (χ0n) is 11.7. The van der Waals surface area contributed by atoms with Crippen LogP contribution in [0.5, 0.6) is 0 Å². The lowest BCUT2D eigenvalue weighted by molar-refractivity contribution is 0.0683. The van der Waals surface area contributed by atoms with Gasteiger partial charge in [0.25, 0.3) is 0 Å². The van der Waals surface area contributed by atoms with E-state index in [1.807, 2.05) is 13.8 Å². The molecule has 102 valence electrons. The predicted molar refractivity (Wildman–Crippen MR) is 68.3 cm³/mol. The Kier molecular flexibility index (Phi) is 4.02. The maximum atomic E-state index is 5.50. The summed E-state index contributed by atoms with van der Waals surface area (Å²) in [6.07, 6.45) is 0.945. The van der Waals surface area contributed by atoms with E-state index in [9.17, 15) is 0 Å². The molecule has 1 aliphatic rings. The highest BCUT2D eigenvalue weighted by molar-refractivity contribution is 5.12. The van der Waals surface area contributed by atoms with Crippen LogP contribution in [0.3, 0.4) is 0 Å². The van der Waals surface area contributed by atoms with Crippen molar-refractivity contribution in [2.75, 3.05) is 19.7 Å². The summed E-state index contributed by atoms with van der Waals surface area (Å²) in [5.41, 5.74) is -0.0167. The largest absolute Gasteiger partial charge is 0.371 e. The van der Waals surface area contributed by atoms with Crippen LogP contribution < -0.4 is 5.32 Å². The van der Waals surface area contributed by atoms with Crippen LogP contribution in [-0.4, -0.2) is 29.8 Å². The number of nitrogens with zero attached hydrogens (tertiary/aromatic N) is 2.